The molecular weight excluding hydrogens is 362 g/mol. The van der Waals surface area contributed by atoms with Crippen LogP contribution in [0.1, 0.15) is 53.9 Å². The fraction of sp³-hybridized carbons (Fsp3) is 0.522. The van der Waals surface area contributed by atoms with Crippen molar-refractivity contribution in [1.82, 2.24) is 20.2 Å². The third kappa shape index (κ3) is 5.32. The first-order valence-corrected chi connectivity index (χ1v) is 10.8. The lowest BCUT2D eigenvalue weighted by Gasteiger charge is -2.19. The molecule has 0 radical (unpaired) electrons. The minimum Gasteiger partial charge on any atom is -0.369 e. The minimum atomic E-state index is -0.0370. The fourth-order valence-electron chi connectivity index (χ4n) is 3.80. The maximum atomic E-state index is 12.8. The van der Waals surface area contributed by atoms with Crippen LogP contribution >= 0.6 is 0 Å². The predicted octanol–water partition coefficient (Wildman–Crippen LogP) is 3.04. The topological polar surface area (TPSA) is 70.2 Å². The van der Waals surface area contributed by atoms with Crippen LogP contribution in [0.3, 0.4) is 0 Å². The van der Waals surface area contributed by atoms with Gasteiger partial charge in [0.25, 0.3) is 5.91 Å². The van der Waals surface area contributed by atoms with Gasteiger partial charge in [0, 0.05) is 56.7 Å². The molecule has 0 bridgehead atoms. The summed E-state index contributed by atoms with van der Waals surface area (Å²) in [5, 5.41) is 6.49. The number of fused-ring (bicyclic) bond motifs is 1. The molecule has 0 saturated heterocycles. The third-order valence-electron chi connectivity index (χ3n) is 5.60. The summed E-state index contributed by atoms with van der Waals surface area (Å²) in [6, 6.07) is 6.29. The van der Waals surface area contributed by atoms with Gasteiger partial charge in [-0.1, -0.05) is 6.07 Å². The Hall–Kier alpha value is -2.47. The van der Waals surface area contributed by atoms with Crippen LogP contribution in [-0.2, 0) is 19.4 Å². The summed E-state index contributed by atoms with van der Waals surface area (Å²) in [5.74, 6) is 1.44. The number of rotatable bonds is 7. The molecule has 2 aliphatic rings. The molecule has 2 aromatic heterocycles. The molecule has 1 amide bonds. The van der Waals surface area contributed by atoms with Crippen molar-refractivity contribution >= 4 is 11.7 Å². The Morgan fingerprint density at radius 2 is 2.10 bits per heavy atom. The summed E-state index contributed by atoms with van der Waals surface area (Å²) in [4.78, 5) is 24.4. The van der Waals surface area contributed by atoms with Crippen LogP contribution in [0.5, 0.6) is 0 Å². The smallest absolute Gasteiger partial charge is 0.255 e. The van der Waals surface area contributed by atoms with Gasteiger partial charge in [-0.05, 0) is 62.3 Å². The average Bonchev–Trinajstić information content (AvgIpc) is 3.54. The Morgan fingerprint density at radius 1 is 1.28 bits per heavy atom. The Morgan fingerprint density at radius 3 is 2.83 bits per heavy atom. The predicted molar refractivity (Wildman–Crippen MR) is 115 cm³/mol. The highest BCUT2D eigenvalue weighted by Gasteiger charge is 2.24. The molecule has 0 spiro atoms. The van der Waals surface area contributed by atoms with Gasteiger partial charge < -0.3 is 10.6 Å². The fourth-order valence-corrected chi connectivity index (χ4v) is 3.80. The molecule has 0 atom stereocenters. The van der Waals surface area contributed by atoms with Crippen molar-refractivity contribution in [2.24, 2.45) is 5.92 Å². The minimum absolute atomic E-state index is 0.0370. The lowest BCUT2D eigenvalue weighted by Crippen LogP contribution is -2.31. The first-order chi connectivity index (χ1) is 14.1. The molecule has 6 heteroatoms. The van der Waals surface area contributed by atoms with Gasteiger partial charge in [-0.3, -0.25) is 14.7 Å². The molecular formula is C23H31N5O. The molecule has 4 rings (SSSR count). The Bertz CT molecular complexity index is 848. The first-order valence-electron chi connectivity index (χ1n) is 10.8. The van der Waals surface area contributed by atoms with E-state index in [1.54, 1.807) is 0 Å². The molecule has 6 nitrogen and oxygen atoms in total. The van der Waals surface area contributed by atoms with E-state index in [0.717, 1.165) is 56.5 Å². The van der Waals surface area contributed by atoms with E-state index in [4.69, 9.17) is 4.98 Å². The van der Waals surface area contributed by atoms with Crippen LogP contribution in [0.15, 0.2) is 30.6 Å². The van der Waals surface area contributed by atoms with Crippen molar-refractivity contribution in [1.29, 1.82) is 0 Å². The summed E-state index contributed by atoms with van der Waals surface area (Å²) in [5.41, 5.74) is 4.23. The maximum absolute atomic E-state index is 12.8. The summed E-state index contributed by atoms with van der Waals surface area (Å²) in [6.45, 7) is 7.71. The second-order valence-electron chi connectivity index (χ2n) is 8.58. The standard InChI is InChI=1S/C23H31N5O/c1-16(2)26-23(29)20-12-19-7-10-28(15-18-4-3-9-24-13-18)11-8-21(19)27-22(20)25-14-17-5-6-17/h3-4,9,12-13,16-17H,5-8,10-11,14-15H2,1-2H3,(H,25,27)(H,26,29). The number of nitrogens with one attached hydrogen (secondary N) is 2. The van der Waals surface area contributed by atoms with E-state index in [1.165, 1.54) is 24.0 Å². The van der Waals surface area contributed by atoms with E-state index in [9.17, 15) is 4.79 Å². The van der Waals surface area contributed by atoms with E-state index in [-0.39, 0.29) is 11.9 Å². The van der Waals surface area contributed by atoms with Crippen LogP contribution in [0, 0.1) is 5.92 Å². The summed E-state index contributed by atoms with van der Waals surface area (Å²) < 4.78 is 0. The van der Waals surface area contributed by atoms with Crippen molar-refractivity contribution in [3.05, 3.63) is 53.0 Å². The van der Waals surface area contributed by atoms with Crippen molar-refractivity contribution < 1.29 is 4.79 Å². The van der Waals surface area contributed by atoms with Gasteiger partial charge >= 0.3 is 0 Å². The zero-order chi connectivity index (χ0) is 20.2. The summed E-state index contributed by atoms with van der Waals surface area (Å²) in [7, 11) is 0. The van der Waals surface area contributed by atoms with Crippen molar-refractivity contribution in [3.8, 4) is 0 Å². The largest absolute Gasteiger partial charge is 0.369 e. The van der Waals surface area contributed by atoms with Gasteiger partial charge in [0.05, 0.1) is 5.56 Å². The van der Waals surface area contributed by atoms with Gasteiger partial charge in [-0.15, -0.1) is 0 Å². The highest BCUT2D eigenvalue weighted by Crippen LogP contribution is 2.30. The number of hydrogen-bond acceptors (Lipinski definition) is 5. The van der Waals surface area contributed by atoms with Gasteiger partial charge in [0.1, 0.15) is 5.82 Å². The van der Waals surface area contributed by atoms with Crippen LogP contribution in [0.25, 0.3) is 0 Å². The average molecular weight is 394 g/mol. The Kier molecular flexibility index (Phi) is 6.09. The third-order valence-corrected chi connectivity index (χ3v) is 5.60. The van der Waals surface area contributed by atoms with Gasteiger partial charge in [-0.2, -0.15) is 0 Å². The molecule has 1 aliphatic heterocycles. The number of carbonyl (C=O) groups excluding carboxylic acids is 1. The maximum Gasteiger partial charge on any atom is 0.255 e. The van der Waals surface area contributed by atoms with Crippen molar-refractivity contribution in [3.63, 3.8) is 0 Å². The Labute approximate surface area is 173 Å². The summed E-state index contributed by atoms with van der Waals surface area (Å²) >= 11 is 0. The molecule has 2 N–H and O–H groups in total. The number of nitrogens with zero attached hydrogens (tertiary/aromatic N) is 3. The van der Waals surface area contributed by atoms with E-state index in [2.05, 4.69) is 32.7 Å². The number of anilines is 1. The van der Waals surface area contributed by atoms with Gasteiger partial charge in [0.2, 0.25) is 0 Å². The number of amides is 1. The molecule has 3 heterocycles. The second kappa shape index (κ2) is 8.91. The molecule has 0 unspecified atom stereocenters. The molecule has 1 saturated carbocycles. The number of pyridine rings is 2. The van der Waals surface area contributed by atoms with E-state index in [0.29, 0.717) is 5.56 Å². The quantitative estimate of drug-likeness (QED) is 0.757. The van der Waals surface area contributed by atoms with Crippen molar-refractivity contribution in [2.45, 2.75) is 52.1 Å². The van der Waals surface area contributed by atoms with Crippen LogP contribution in [0.2, 0.25) is 0 Å². The SMILES string of the molecule is CC(C)NC(=O)c1cc2c(nc1NCC1CC1)CCN(Cc1cccnc1)CC2. The molecule has 1 fully saturated rings. The van der Waals surface area contributed by atoms with Gasteiger partial charge in [-0.25, -0.2) is 4.98 Å². The van der Waals surface area contributed by atoms with Crippen LogP contribution < -0.4 is 10.6 Å². The highest BCUT2D eigenvalue weighted by atomic mass is 16.1. The van der Waals surface area contributed by atoms with E-state index < -0.39 is 0 Å². The lowest BCUT2D eigenvalue weighted by atomic mass is 10.0. The van der Waals surface area contributed by atoms with Crippen LogP contribution in [0.4, 0.5) is 5.82 Å². The van der Waals surface area contributed by atoms with E-state index in [1.807, 2.05) is 32.3 Å². The normalized spacial score (nSPS) is 16.9. The first kappa shape index (κ1) is 19.8. The molecule has 154 valence electrons. The number of aromatic nitrogens is 2. The zero-order valence-corrected chi connectivity index (χ0v) is 17.4. The number of carbonyl (C=O) groups is 1. The van der Waals surface area contributed by atoms with E-state index >= 15 is 0 Å². The second-order valence-corrected chi connectivity index (χ2v) is 8.58. The van der Waals surface area contributed by atoms with Crippen LogP contribution in [-0.4, -0.2) is 46.5 Å². The highest BCUT2D eigenvalue weighted by molar-refractivity contribution is 5.99. The number of hydrogen-bond donors (Lipinski definition) is 2. The van der Waals surface area contributed by atoms with Crippen molar-refractivity contribution in [2.75, 3.05) is 25.0 Å². The summed E-state index contributed by atoms with van der Waals surface area (Å²) in [6.07, 6.45) is 8.10. The van der Waals surface area contributed by atoms with Gasteiger partial charge in [0.15, 0.2) is 0 Å². The molecule has 2 aromatic rings. The Balaban J connectivity index is 1.52. The lowest BCUT2D eigenvalue weighted by molar-refractivity contribution is 0.0943. The molecule has 0 aromatic carbocycles. The monoisotopic (exact) mass is 393 g/mol. The zero-order valence-electron chi connectivity index (χ0n) is 17.4. The molecule has 1 aliphatic carbocycles. The molecule has 29 heavy (non-hydrogen) atoms.